The molecule has 0 fully saturated rings. The molecule has 1 rings (SSSR count). The summed E-state index contributed by atoms with van der Waals surface area (Å²) in [4.78, 5) is 0. The number of aliphatic hydroxyl groups excluding tert-OH is 2. The Hall–Kier alpha value is -0.900. The monoisotopic (exact) mass is 252 g/mol. The van der Waals surface area contributed by atoms with Crippen molar-refractivity contribution in [2.24, 2.45) is 0 Å². The summed E-state index contributed by atoms with van der Waals surface area (Å²) in [5.41, 5.74) is 0.393. The Morgan fingerprint density at radius 2 is 1.89 bits per heavy atom. The fourth-order valence-corrected chi connectivity index (χ4v) is 2.38. The highest BCUT2D eigenvalue weighted by molar-refractivity contribution is 5.32. The van der Waals surface area contributed by atoms with Crippen LogP contribution in [0.2, 0.25) is 0 Å². The first-order chi connectivity index (χ1) is 8.57. The molecular weight excluding hydrogens is 228 g/mol. The van der Waals surface area contributed by atoms with E-state index in [-0.39, 0.29) is 6.61 Å². The van der Waals surface area contributed by atoms with E-state index in [0.717, 1.165) is 17.5 Å². The molecule has 3 nitrogen and oxygen atoms in total. The Bertz CT molecular complexity index is 365. The summed E-state index contributed by atoms with van der Waals surface area (Å²) in [7, 11) is 0. The Morgan fingerprint density at radius 3 is 2.44 bits per heavy atom. The van der Waals surface area contributed by atoms with E-state index in [1.54, 1.807) is 0 Å². The molecule has 2 atom stereocenters. The maximum absolute atomic E-state index is 10.7. The molecule has 0 aliphatic heterocycles. The lowest BCUT2D eigenvalue weighted by Gasteiger charge is -2.31. The summed E-state index contributed by atoms with van der Waals surface area (Å²) in [6.45, 7) is 3.81. The standard InChI is InChI=1S/C15H24O3/c1-3-7-13(17)10-15(18,4-2)14-9-6-5-8-12(14)11-16/h5-6,8-9,13,16-18H,3-4,7,10-11H2,1-2H3. The molecule has 0 spiro atoms. The molecule has 102 valence electrons. The van der Waals surface area contributed by atoms with Gasteiger partial charge in [-0.05, 0) is 24.0 Å². The maximum Gasteiger partial charge on any atom is 0.0922 e. The zero-order chi connectivity index (χ0) is 13.6. The predicted octanol–water partition coefficient (Wildman–Crippen LogP) is 2.33. The molecule has 0 heterocycles. The SMILES string of the molecule is CCCC(O)CC(O)(CC)c1ccccc1CO. The fourth-order valence-electron chi connectivity index (χ4n) is 2.38. The molecule has 1 aromatic rings. The number of hydrogen-bond acceptors (Lipinski definition) is 3. The first-order valence-corrected chi connectivity index (χ1v) is 6.67. The average Bonchev–Trinajstić information content (AvgIpc) is 2.38. The normalized spacial score (nSPS) is 16.3. The Balaban J connectivity index is 2.98. The zero-order valence-electron chi connectivity index (χ0n) is 11.3. The van der Waals surface area contributed by atoms with E-state index < -0.39 is 11.7 Å². The minimum absolute atomic E-state index is 0.0949. The molecule has 0 aliphatic carbocycles. The minimum Gasteiger partial charge on any atom is -0.393 e. The van der Waals surface area contributed by atoms with Gasteiger partial charge in [-0.25, -0.2) is 0 Å². The van der Waals surface area contributed by atoms with Gasteiger partial charge in [-0.15, -0.1) is 0 Å². The highest BCUT2D eigenvalue weighted by atomic mass is 16.3. The van der Waals surface area contributed by atoms with Gasteiger partial charge < -0.3 is 15.3 Å². The molecule has 0 bridgehead atoms. The van der Waals surface area contributed by atoms with Gasteiger partial charge in [-0.1, -0.05) is 44.5 Å². The summed E-state index contributed by atoms with van der Waals surface area (Å²) >= 11 is 0. The third-order valence-corrected chi connectivity index (χ3v) is 3.47. The van der Waals surface area contributed by atoms with Gasteiger partial charge in [0.15, 0.2) is 0 Å². The molecule has 3 heteroatoms. The second kappa shape index (κ2) is 6.88. The summed E-state index contributed by atoms with van der Waals surface area (Å²) in [6.07, 6.45) is 1.90. The van der Waals surface area contributed by atoms with E-state index in [0.29, 0.717) is 19.3 Å². The highest BCUT2D eigenvalue weighted by Crippen LogP contribution is 2.33. The Morgan fingerprint density at radius 1 is 1.22 bits per heavy atom. The summed E-state index contributed by atoms with van der Waals surface area (Å²) < 4.78 is 0. The number of aliphatic hydroxyl groups is 3. The van der Waals surface area contributed by atoms with Gasteiger partial charge in [0, 0.05) is 6.42 Å². The molecule has 18 heavy (non-hydrogen) atoms. The number of rotatable bonds is 7. The third kappa shape index (κ3) is 3.55. The van der Waals surface area contributed by atoms with Crippen molar-refractivity contribution in [3.05, 3.63) is 35.4 Å². The number of benzene rings is 1. The Labute approximate surface area is 109 Å². The fraction of sp³-hybridized carbons (Fsp3) is 0.600. The van der Waals surface area contributed by atoms with Crippen LogP contribution in [-0.2, 0) is 12.2 Å². The smallest absolute Gasteiger partial charge is 0.0922 e. The lowest BCUT2D eigenvalue weighted by atomic mass is 9.82. The predicted molar refractivity (Wildman–Crippen MR) is 72.1 cm³/mol. The van der Waals surface area contributed by atoms with E-state index in [1.807, 2.05) is 38.1 Å². The average molecular weight is 252 g/mol. The van der Waals surface area contributed by atoms with E-state index in [1.165, 1.54) is 0 Å². The van der Waals surface area contributed by atoms with Crippen molar-refractivity contribution < 1.29 is 15.3 Å². The van der Waals surface area contributed by atoms with Crippen molar-refractivity contribution in [3.8, 4) is 0 Å². The summed E-state index contributed by atoms with van der Waals surface area (Å²) in [5.74, 6) is 0. The quantitative estimate of drug-likeness (QED) is 0.698. The van der Waals surface area contributed by atoms with Crippen LogP contribution in [0.4, 0.5) is 0 Å². The van der Waals surface area contributed by atoms with Gasteiger partial charge in [0.1, 0.15) is 0 Å². The minimum atomic E-state index is -1.06. The van der Waals surface area contributed by atoms with Crippen LogP contribution in [0, 0.1) is 0 Å². The van der Waals surface area contributed by atoms with E-state index >= 15 is 0 Å². The van der Waals surface area contributed by atoms with Crippen molar-refractivity contribution in [2.75, 3.05) is 0 Å². The molecule has 0 aliphatic rings. The molecule has 0 amide bonds. The van der Waals surface area contributed by atoms with Gasteiger partial charge in [0.2, 0.25) is 0 Å². The number of hydrogen-bond donors (Lipinski definition) is 3. The van der Waals surface area contributed by atoms with E-state index in [9.17, 15) is 15.3 Å². The molecule has 3 N–H and O–H groups in total. The largest absolute Gasteiger partial charge is 0.393 e. The second-order valence-electron chi connectivity index (χ2n) is 4.85. The van der Waals surface area contributed by atoms with Crippen molar-refractivity contribution in [1.29, 1.82) is 0 Å². The van der Waals surface area contributed by atoms with E-state index in [2.05, 4.69) is 0 Å². The Kier molecular flexibility index (Phi) is 5.79. The van der Waals surface area contributed by atoms with Crippen molar-refractivity contribution in [2.45, 2.75) is 57.8 Å². The van der Waals surface area contributed by atoms with Crippen LogP contribution in [0.25, 0.3) is 0 Å². The molecule has 1 aromatic carbocycles. The molecular formula is C15H24O3. The van der Waals surface area contributed by atoms with Crippen molar-refractivity contribution >= 4 is 0 Å². The molecule has 0 saturated heterocycles. The van der Waals surface area contributed by atoms with Crippen molar-refractivity contribution in [3.63, 3.8) is 0 Å². The van der Waals surface area contributed by atoms with Gasteiger partial charge in [0.25, 0.3) is 0 Å². The first-order valence-electron chi connectivity index (χ1n) is 6.67. The lowest BCUT2D eigenvalue weighted by Crippen LogP contribution is -2.31. The van der Waals surface area contributed by atoms with Crippen LogP contribution in [0.1, 0.15) is 50.7 Å². The van der Waals surface area contributed by atoms with Gasteiger partial charge in [-0.2, -0.15) is 0 Å². The van der Waals surface area contributed by atoms with Gasteiger partial charge >= 0.3 is 0 Å². The molecule has 0 radical (unpaired) electrons. The summed E-state index contributed by atoms with van der Waals surface area (Å²) in [5, 5.41) is 30.0. The molecule has 2 unspecified atom stereocenters. The maximum atomic E-state index is 10.7. The second-order valence-corrected chi connectivity index (χ2v) is 4.85. The molecule has 0 aromatic heterocycles. The topological polar surface area (TPSA) is 60.7 Å². The first kappa shape index (κ1) is 15.2. The van der Waals surface area contributed by atoms with Crippen LogP contribution < -0.4 is 0 Å². The summed E-state index contributed by atoms with van der Waals surface area (Å²) in [6, 6.07) is 7.32. The van der Waals surface area contributed by atoms with Crippen LogP contribution in [0.5, 0.6) is 0 Å². The lowest BCUT2D eigenvalue weighted by molar-refractivity contribution is -0.0218. The van der Waals surface area contributed by atoms with Crippen LogP contribution in [0.3, 0.4) is 0 Å². The highest BCUT2D eigenvalue weighted by Gasteiger charge is 2.31. The third-order valence-electron chi connectivity index (χ3n) is 3.47. The van der Waals surface area contributed by atoms with E-state index in [4.69, 9.17) is 0 Å². The van der Waals surface area contributed by atoms with Crippen LogP contribution >= 0.6 is 0 Å². The van der Waals surface area contributed by atoms with Gasteiger partial charge in [0.05, 0.1) is 18.3 Å². The molecule has 0 saturated carbocycles. The van der Waals surface area contributed by atoms with Crippen LogP contribution in [0.15, 0.2) is 24.3 Å². The van der Waals surface area contributed by atoms with Gasteiger partial charge in [-0.3, -0.25) is 0 Å². The van der Waals surface area contributed by atoms with Crippen LogP contribution in [-0.4, -0.2) is 21.4 Å². The van der Waals surface area contributed by atoms with Crippen molar-refractivity contribution in [1.82, 2.24) is 0 Å². The zero-order valence-corrected chi connectivity index (χ0v) is 11.3.